The van der Waals surface area contributed by atoms with Crippen LogP contribution in [0.5, 0.6) is 0 Å². The van der Waals surface area contributed by atoms with E-state index in [1.807, 2.05) is 67.6 Å². The van der Waals surface area contributed by atoms with Crippen LogP contribution < -0.4 is 5.63 Å². The minimum atomic E-state index is -0.495. The number of nitrogens with zero attached hydrogens (tertiary/aromatic N) is 2. The standard InChI is InChI=1S/C19H14N2O2/c1-19(9-10-20-21-19)15-8-7-14-11-16(13-5-3-2-4-6-13)18(22)23-17(14)12-15/h2-12H,1H3. The van der Waals surface area contributed by atoms with Crippen molar-refractivity contribution in [2.75, 3.05) is 0 Å². The minimum Gasteiger partial charge on any atom is -0.422 e. The molecule has 0 bridgehead atoms. The van der Waals surface area contributed by atoms with Gasteiger partial charge in [0.2, 0.25) is 0 Å². The molecule has 0 N–H and O–H groups in total. The van der Waals surface area contributed by atoms with Gasteiger partial charge in [-0.05, 0) is 36.3 Å². The predicted molar refractivity (Wildman–Crippen MR) is 89.3 cm³/mol. The van der Waals surface area contributed by atoms with Gasteiger partial charge < -0.3 is 4.42 Å². The van der Waals surface area contributed by atoms with Crippen LogP contribution in [-0.2, 0) is 5.54 Å². The molecule has 1 aliphatic rings. The minimum absolute atomic E-state index is 0.338. The van der Waals surface area contributed by atoms with Crippen molar-refractivity contribution >= 4 is 11.0 Å². The highest BCUT2D eigenvalue weighted by atomic mass is 16.4. The van der Waals surface area contributed by atoms with Crippen molar-refractivity contribution in [2.45, 2.75) is 12.5 Å². The maximum absolute atomic E-state index is 12.3. The Morgan fingerprint density at radius 2 is 1.87 bits per heavy atom. The number of hydrogen-bond acceptors (Lipinski definition) is 4. The van der Waals surface area contributed by atoms with Crippen molar-refractivity contribution < 1.29 is 4.42 Å². The van der Waals surface area contributed by atoms with Gasteiger partial charge in [0.25, 0.3) is 0 Å². The molecule has 0 saturated heterocycles. The van der Waals surface area contributed by atoms with E-state index in [-0.39, 0.29) is 5.63 Å². The van der Waals surface area contributed by atoms with Gasteiger partial charge in [0, 0.05) is 11.6 Å². The predicted octanol–water partition coefficient (Wildman–Crippen LogP) is 4.65. The summed E-state index contributed by atoms with van der Waals surface area (Å²) in [5, 5.41) is 9.03. The highest BCUT2D eigenvalue weighted by molar-refractivity contribution is 5.82. The molecule has 0 aliphatic carbocycles. The highest BCUT2D eigenvalue weighted by Crippen LogP contribution is 2.33. The van der Waals surface area contributed by atoms with Crippen LogP contribution in [0.1, 0.15) is 12.5 Å². The average Bonchev–Trinajstić information content (AvgIpc) is 3.02. The molecule has 3 aromatic rings. The maximum Gasteiger partial charge on any atom is 0.344 e. The molecule has 4 heteroatoms. The molecule has 1 atom stereocenters. The Morgan fingerprint density at radius 1 is 1.04 bits per heavy atom. The summed E-state index contributed by atoms with van der Waals surface area (Å²) in [4.78, 5) is 12.3. The zero-order valence-electron chi connectivity index (χ0n) is 12.6. The molecule has 1 aliphatic heterocycles. The lowest BCUT2D eigenvalue weighted by Crippen LogP contribution is -2.13. The van der Waals surface area contributed by atoms with Crippen molar-refractivity contribution in [3.8, 4) is 11.1 Å². The second kappa shape index (κ2) is 5.02. The van der Waals surface area contributed by atoms with E-state index in [9.17, 15) is 4.79 Å². The van der Waals surface area contributed by atoms with Gasteiger partial charge in [-0.25, -0.2) is 4.79 Å². The average molecular weight is 302 g/mol. The smallest absolute Gasteiger partial charge is 0.344 e. The molecule has 0 fully saturated rings. The topological polar surface area (TPSA) is 54.9 Å². The Morgan fingerprint density at radius 3 is 2.61 bits per heavy atom. The maximum atomic E-state index is 12.3. The van der Waals surface area contributed by atoms with Crippen molar-refractivity contribution in [3.05, 3.63) is 82.9 Å². The second-order valence-electron chi connectivity index (χ2n) is 5.74. The fraction of sp³-hybridized carbons (Fsp3) is 0.105. The van der Waals surface area contributed by atoms with Gasteiger partial charge in [0.15, 0.2) is 0 Å². The first-order valence-electron chi connectivity index (χ1n) is 7.39. The van der Waals surface area contributed by atoms with Gasteiger partial charge in [0.05, 0.1) is 5.56 Å². The van der Waals surface area contributed by atoms with Gasteiger partial charge in [-0.1, -0.05) is 42.5 Å². The number of fused-ring (bicyclic) bond motifs is 1. The third-order valence-electron chi connectivity index (χ3n) is 4.14. The van der Waals surface area contributed by atoms with E-state index in [0.29, 0.717) is 11.1 Å². The summed E-state index contributed by atoms with van der Waals surface area (Å²) in [6.07, 6.45) is 3.60. The summed E-state index contributed by atoms with van der Waals surface area (Å²) >= 11 is 0. The Labute approximate surface area is 132 Å². The molecule has 0 amide bonds. The zero-order chi connectivity index (χ0) is 15.9. The summed E-state index contributed by atoms with van der Waals surface area (Å²) in [5.41, 5.74) is 2.09. The molecule has 0 radical (unpaired) electrons. The first-order valence-corrected chi connectivity index (χ1v) is 7.39. The first kappa shape index (κ1) is 13.6. The van der Waals surface area contributed by atoms with Crippen LogP contribution in [0.15, 0.2) is 86.3 Å². The van der Waals surface area contributed by atoms with Crippen LogP contribution in [0.25, 0.3) is 22.1 Å². The molecular weight excluding hydrogens is 288 g/mol. The van der Waals surface area contributed by atoms with Crippen LogP contribution in [0.4, 0.5) is 0 Å². The molecule has 23 heavy (non-hydrogen) atoms. The van der Waals surface area contributed by atoms with Crippen LogP contribution >= 0.6 is 0 Å². The van der Waals surface area contributed by atoms with Crippen LogP contribution in [0.3, 0.4) is 0 Å². The Bertz CT molecular complexity index is 989. The lowest BCUT2D eigenvalue weighted by atomic mass is 9.92. The molecule has 4 nitrogen and oxygen atoms in total. The van der Waals surface area contributed by atoms with E-state index in [1.54, 1.807) is 6.20 Å². The third kappa shape index (κ3) is 2.28. The van der Waals surface area contributed by atoms with Crippen LogP contribution in [-0.4, -0.2) is 0 Å². The molecule has 112 valence electrons. The van der Waals surface area contributed by atoms with Gasteiger partial charge in [0.1, 0.15) is 11.1 Å². The third-order valence-corrected chi connectivity index (χ3v) is 4.14. The highest BCUT2D eigenvalue weighted by Gasteiger charge is 2.26. The lowest BCUT2D eigenvalue weighted by molar-refractivity contribution is 0.559. The summed E-state index contributed by atoms with van der Waals surface area (Å²) in [6.45, 7) is 1.97. The summed E-state index contributed by atoms with van der Waals surface area (Å²) in [7, 11) is 0. The number of rotatable bonds is 2. The van der Waals surface area contributed by atoms with Crippen molar-refractivity contribution in [3.63, 3.8) is 0 Å². The normalized spacial score (nSPS) is 19.5. The van der Waals surface area contributed by atoms with Gasteiger partial charge in [-0.3, -0.25) is 0 Å². The second-order valence-corrected chi connectivity index (χ2v) is 5.74. The Kier molecular flexibility index (Phi) is 2.98. The first-order chi connectivity index (χ1) is 11.2. The SMILES string of the molecule is CC1(c2ccc3cc(-c4ccccc4)c(=O)oc3c2)C=CN=N1. The number of benzene rings is 2. The van der Waals surface area contributed by atoms with Crippen molar-refractivity contribution in [2.24, 2.45) is 10.2 Å². The lowest BCUT2D eigenvalue weighted by Gasteiger charge is -2.17. The van der Waals surface area contributed by atoms with Gasteiger partial charge in [-0.2, -0.15) is 10.2 Å². The van der Waals surface area contributed by atoms with Crippen LogP contribution in [0.2, 0.25) is 0 Å². The Balaban J connectivity index is 1.88. The monoisotopic (exact) mass is 302 g/mol. The molecule has 2 heterocycles. The Hall–Kier alpha value is -3.01. The van der Waals surface area contributed by atoms with Crippen molar-refractivity contribution in [1.82, 2.24) is 0 Å². The van der Waals surface area contributed by atoms with E-state index in [1.165, 1.54) is 0 Å². The van der Waals surface area contributed by atoms with Gasteiger partial charge in [-0.15, -0.1) is 0 Å². The number of azo groups is 1. The fourth-order valence-electron chi connectivity index (χ4n) is 2.76. The molecule has 1 unspecified atom stereocenters. The quantitative estimate of drug-likeness (QED) is 0.647. The molecule has 2 aromatic carbocycles. The molecule has 0 spiro atoms. The van der Waals surface area contributed by atoms with E-state index < -0.39 is 5.54 Å². The van der Waals surface area contributed by atoms with Gasteiger partial charge >= 0.3 is 5.63 Å². The summed E-state index contributed by atoms with van der Waals surface area (Å²) in [5.74, 6) is 0. The molecular formula is C19H14N2O2. The van der Waals surface area contributed by atoms with E-state index in [2.05, 4.69) is 10.2 Å². The van der Waals surface area contributed by atoms with Crippen molar-refractivity contribution in [1.29, 1.82) is 0 Å². The molecule has 4 rings (SSSR count). The number of hydrogen-bond donors (Lipinski definition) is 0. The van der Waals surface area contributed by atoms with E-state index in [0.717, 1.165) is 16.5 Å². The summed E-state index contributed by atoms with van der Waals surface area (Å²) in [6, 6.07) is 17.2. The fourth-order valence-corrected chi connectivity index (χ4v) is 2.76. The summed E-state index contributed by atoms with van der Waals surface area (Å²) < 4.78 is 5.54. The molecule has 1 aromatic heterocycles. The van der Waals surface area contributed by atoms with Crippen LogP contribution in [0, 0.1) is 0 Å². The largest absolute Gasteiger partial charge is 0.422 e. The zero-order valence-corrected chi connectivity index (χ0v) is 12.6. The molecule has 0 saturated carbocycles. The van der Waals surface area contributed by atoms with E-state index >= 15 is 0 Å². The van der Waals surface area contributed by atoms with E-state index in [4.69, 9.17) is 4.42 Å².